The molecule has 1 aliphatic carbocycles. The Labute approximate surface area is 139 Å². The summed E-state index contributed by atoms with van der Waals surface area (Å²) in [5, 5.41) is 1.22. The van der Waals surface area contributed by atoms with E-state index in [1.165, 1.54) is 34.2 Å². The van der Waals surface area contributed by atoms with Crippen LogP contribution in [0.15, 0.2) is 30.3 Å². The van der Waals surface area contributed by atoms with E-state index in [9.17, 15) is 4.79 Å². The van der Waals surface area contributed by atoms with Crippen LogP contribution in [0.2, 0.25) is 0 Å². The maximum atomic E-state index is 11.7. The maximum Gasteiger partial charge on any atom is 0.267 e. The molecular formula is C19H18N2OS. The van der Waals surface area contributed by atoms with Gasteiger partial charge in [0.15, 0.2) is 0 Å². The van der Waals surface area contributed by atoms with Crippen LogP contribution in [0.4, 0.5) is 0 Å². The van der Waals surface area contributed by atoms with E-state index in [-0.39, 0.29) is 0 Å². The molecule has 1 aromatic carbocycles. The Morgan fingerprint density at radius 2 is 1.91 bits per heavy atom. The fourth-order valence-corrected chi connectivity index (χ4v) is 4.63. The monoisotopic (exact) mass is 322 g/mol. The average Bonchev–Trinajstić information content (AvgIpc) is 2.93. The summed E-state index contributed by atoms with van der Waals surface area (Å²) in [6.45, 7) is 2.08. The number of fused-ring (bicyclic) bond motifs is 3. The number of pyridine rings is 1. The molecule has 0 unspecified atom stereocenters. The van der Waals surface area contributed by atoms with Gasteiger partial charge in [0, 0.05) is 10.3 Å². The standard InChI is InChI=1S/C19H18N2OS/c1-11-6-8-12(9-7-11)14-10-15(18(20)22)21-19-17(14)13-4-2-3-5-16(13)23-19/h6-10H,2-5H2,1H3,(H2,20,22). The highest BCUT2D eigenvalue weighted by Crippen LogP contribution is 2.41. The third kappa shape index (κ3) is 2.43. The number of benzene rings is 1. The minimum Gasteiger partial charge on any atom is -0.364 e. The second-order valence-electron chi connectivity index (χ2n) is 6.18. The van der Waals surface area contributed by atoms with Crippen LogP contribution in [0.3, 0.4) is 0 Å². The number of nitrogens with zero attached hydrogens (tertiary/aromatic N) is 1. The molecule has 2 N–H and O–H groups in total. The van der Waals surface area contributed by atoms with Gasteiger partial charge >= 0.3 is 0 Å². The number of aryl methyl sites for hydroxylation is 3. The van der Waals surface area contributed by atoms with Crippen LogP contribution < -0.4 is 5.73 Å². The zero-order chi connectivity index (χ0) is 16.0. The lowest BCUT2D eigenvalue weighted by atomic mass is 9.92. The van der Waals surface area contributed by atoms with Crippen molar-refractivity contribution in [1.29, 1.82) is 0 Å². The number of hydrogen-bond acceptors (Lipinski definition) is 3. The van der Waals surface area contributed by atoms with E-state index in [0.717, 1.165) is 28.8 Å². The summed E-state index contributed by atoms with van der Waals surface area (Å²) in [7, 11) is 0. The minimum absolute atomic E-state index is 0.353. The lowest BCUT2D eigenvalue weighted by Crippen LogP contribution is -2.13. The zero-order valence-electron chi connectivity index (χ0n) is 13.1. The number of hydrogen-bond donors (Lipinski definition) is 1. The van der Waals surface area contributed by atoms with Gasteiger partial charge in [0.2, 0.25) is 0 Å². The molecule has 4 heteroatoms. The van der Waals surface area contributed by atoms with E-state index < -0.39 is 5.91 Å². The van der Waals surface area contributed by atoms with Crippen LogP contribution in [0, 0.1) is 6.92 Å². The van der Waals surface area contributed by atoms with Gasteiger partial charge in [-0.2, -0.15) is 0 Å². The fraction of sp³-hybridized carbons (Fsp3) is 0.263. The smallest absolute Gasteiger partial charge is 0.267 e. The molecule has 3 nitrogen and oxygen atoms in total. The van der Waals surface area contributed by atoms with Crippen molar-refractivity contribution >= 4 is 27.5 Å². The topological polar surface area (TPSA) is 56.0 Å². The van der Waals surface area contributed by atoms with Crippen LogP contribution in [0.5, 0.6) is 0 Å². The summed E-state index contributed by atoms with van der Waals surface area (Å²) in [6.07, 6.45) is 4.69. The van der Waals surface area contributed by atoms with E-state index >= 15 is 0 Å². The highest BCUT2D eigenvalue weighted by Gasteiger charge is 2.21. The predicted molar refractivity (Wildman–Crippen MR) is 95.0 cm³/mol. The average molecular weight is 322 g/mol. The van der Waals surface area contributed by atoms with Gasteiger partial charge in [-0.25, -0.2) is 4.98 Å². The van der Waals surface area contributed by atoms with Crippen LogP contribution in [0.1, 0.15) is 39.3 Å². The molecule has 2 heterocycles. The van der Waals surface area contributed by atoms with Crippen LogP contribution in [-0.2, 0) is 12.8 Å². The second-order valence-corrected chi connectivity index (χ2v) is 7.26. The second kappa shape index (κ2) is 5.46. The predicted octanol–water partition coefficient (Wildman–Crippen LogP) is 4.25. The number of amides is 1. The number of carbonyl (C=O) groups excluding carboxylic acids is 1. The zero-order valence-corrected chi connectivity index (χ0v) is 13.9. The third-order valence-corrected chi connectivity index (χ3v) is 5.73. The van der Waals surface area contributed by atoms with Crippen molar-refractivity contribution in [2.24, 2.45) is 5.73 Å². The SMILES string of the molecule is Cc1ccc(-c2cc(C(N)=O)nc3sc4c(c23)CCCC4)cc1. The Balaban J connectivity index is 2.04. The summed E-state index contributed by atoms with van der Waals surface area (Å²) >= 11 is 1.72. The summed E-state index contributed by atoms with van der Waals surface area (Å²) < 4.78 is 0. The van der Waals surface area contributed by atoms with Gasteiger partial charge in [0.1, 0.15) is 10.5 Å². The number of rotatable bonds is 2. The number of thiophene rings is 1. The van der Waals surface area contributed by atoms with Crippen molar-refractivity contribution in [2.75, 3.05) is 0 Å². The molecule has 23 heavy (non-hydrogen) atoms. The molecule has 0 atom stereocenters. The van der Waals surface area contributed by atoms with Gasteiger partial charge in [-0.3, -0.25) is 4.79 Å². The van der Waals surface area contributed by atoms with Crippen LogP contribution in [0.25, 0.3) is 21.3 Å². The van der Waals surface area contributed by atoms with Gasteiger partial charge in [0.25, 0.3) is 5.91 Å². The van der Waals surface area contributed by atoms with Gasteiger partial charge in [-0.05, 0) is 55.4 Å². The van der Waals surface area contributed by atoms with E-state index in [0.29, 0.717) is 5.69 Å². The first-order valence-corrected chi connectivity index (χ1v) is 8.77. The van der Waals surface area contributed by atoms with Crippen molar-refractivity contribution in [3.8, 4) is 11.1 Å². The van der Waals surface area contributed by atoms with E-state index in [2.05, 4.69) is 36.2 Å². The molecule has 1 amide bonds. The molecule has 3 aromatic rings. The number of primary amides is 1. The first-order valence-electron chi connectivity index (χ1n) is 7.95. The molecular weight excluding hydrogens is 304 g/mol. The molecule has 0 saturated heterocycles. The number of aromatic nitrogens is 1. The number of carbonyl (C=O) groups is 1. The molecule has 2 aromatic heterocycles. The molecule has 116 valence electrons. The Hall–Kier alpha value is -2.20. The summed E-state index contributed by atoms with van der Waals surface area (Å²) in [5.41, 5.74) is 10.7. The van der Waals surface area contributed by atoms with Gasteiger partial charge in [0.05, 0.1) is 0 Å². The van der Waals surface area contributed by atoms with E-state index in [1.807, 2.05) is 6.07 Å². The largest absolute Gasteiger partial charge is 0.364 e. The summed E-state index contributed by atoms with van der Waals surface area (Å²) in [6, 6.07) is 10.3. The molecule has 4 rings (SSSR count). The third-order valence-electron chi connectivity index (χ3n) is 4.54. The first-order chi connectivity index (χ1) is 11.1. The van der Waals surface area contributed by atoms with Gasteiger partial charge in [-0.1, -0.05) is 29.8 Å². The summed E-state index contributed by atoms with van der Waals surface area (Å²) in [4.78, 5) is 18.6. The maximum absolute atomic E-state index is 11.7. The quantitative estimate of drug-likeness (QED) is 0.767. The lowest BCUT2D eigenvalue weighted by Gasteiger charge is -2.13. The highest BCUT2D eigenvalue weighted by molar-refractivity contribution is 7.19. The molecule has 0 spiro atoms. The number of nitrogens with two attached hydrogens (primary N) is 1. The normalized spacial score (nSPS) is 14.0. The van der Waals surface area contributed by atoms with Gasteiger partial charge < -0.3 is 5.73 Å². The summed E-state index contributed by atoms with van der Waals surface area (Å²) in [5.74, 6) is -0.466. The lowest BCUT2D eigenvalue weighted by molar-refractivity contribution is 0.0996. The van der Waals surface area contributed by atoms with Crippen molar-refractivity contribution in [3.05, 3.63) is 52.0 Å². The Morgan fingerprint density at radius 3 is 2.65 bits per heavy atom. The van der Waals surface area contributed by atoms with E-state index in [1.54, 1.807) is 11.3 Å². The molecule has 0 saturated carbocycles. The minimum atomic E-state index is -0.466. The first kappa shape index (κ1) is 14.4. The molecule has 0 bridgehead atoms. The molecule has 0 fully saturated rings. The highest BCUT2D eigenvalue weighted by atomic mass is 32.1. The van der Waals surface area contributed by atoms with Crippen molar-refractivity contribution in [2.45, 2.75) is 32.6 Å². The molecule has 1 aliphatic rings. The van der Waals surface area contributed by atoms with Crippen molar-refractivity contribution in [1.82, 2.24) is 4.98 Å². The van der Waals surface area contributed by atoms with Crippen molar-refractivity contribution < 1.29 is 4.79 Å². The Bertz CT molecular complexity index is 909. The Kier molecular flexibility index (Phi) is 3.42. The van der Waals surface area contributed by atoms with Crippen LogP contribution >= 0.6 is 11.3 Å². The molecule has 0 aliphatic heterocycles. The Morgan fingerprint density at radius 1 is 1.17 bits per heavy atom. The molecule has 0 radical (unpaired) electrons. The van der Waals surface area contributed by atoms with Gasteiger partial charge in [-0.15, -0.1) is 11.3 Å². The van der Waals surface area contributed by atoms with Crippen molar-refractivity contribution in [3.63, 3.8) is 0 Å². The van der Waals surface area contributed by atoms with Crippen LogP contribution in [-0.4, -0.2) is 10.9 Å². The fourth-order valence-electron chi connectivity index (χ4n) is 3.35. The van der Waals surface area contributed by atoms with E-state index in [4.69, 9.17) is 5.73 Å².